The molecule has 2 nitrogen and oxygen atoms in total. The molecule has 0 saturated heterocycles. The zero-order valence-electron chi connectivity index (χ0n) is 8.75. The second-order valence-corrected chi connectivity index (χ2v) is 3.08. The van der Waals surface area contributed by atoms with Gasteiger partial charge in [-0.3, -0.25) is 0 Å². The molecule has 0 aliphatic heterocycles. The van der Waals surface area contributed by atoms with Crippen molar-refractivity contribution in [2.24, 2.45) is 0 Å². The summed E-state index contributed by atoms with van der Waals surface area (Å²) >= 11 is 0. The van der Waals surface area contributed by atoms with Crippen LogP contribution >= 0.6 is 0 Å². The number of ether oxygens (including phenoxy) is 1. The highest BCUT2D eigenvalue weighted by atomic mass is 19.4. The van der Waals surface area contributed by atoms with Crippen molar-refractivity contribution in [1.29, 1.82) is 0 Å². The van der Waals surface area contributed by atoms with E-state index in [0.717, 1.165) is 0 Å². The second kappa shape index (κ2) is 4.90. The molecule has 0 radical (unpaired) electrons. The van der Waals surface area contributed by atoms with E-state index in [1.165, 1.54) is 0 Å². The molecule has 1 aromatic carbocycles. The molecular weight excluding hydrogens is 285 g/mol. The van der Waals surface area contributed by atoms with Crippen LogP contribution < -0.4 is 4.74 Å². The summed E-state index contributed by atoms with van der Waals surface area (Å²) in [6, 6.07) is 0. The minimum atomic E-state index is -5.66. The average molecular weight is 288 g/mol. The van der Waals surface area contributed by atoms with E-state index in [2.05, 4.69) is 11.3 Å². The number of halogens is 7. The van der Waals surface area contributed by atoms with Gasteiger partial charge in [0.2, 0.25) is 17.4 Å². The molecule has 19 heavy (non-hydrogen) atoms. The van der Waals surface area contributed by atoms with Crippen molar-refractivity contribution in [3.05, 3.63) is 41.5 Å². The second-order valence-electron chi connectivity index (χ2n) is 3.08. The maximum atomic E-state index is 13.1. The summed E-state index contributed by atoms with van der Waals surface area (Å²) < 4.78 is 92.7. The van der Waals surface area contributed by atoms with Crippen LogP contribution in [0, 0.1) is 23.3 Å². The Morgan fingerprint density at radius 2 is 1.42 bits per heavy atom. The lowest BCUT2D eigenvalue weighted by atomic mass is 10.1. The molecule has 0 bridgehead atoms. The van der Waals surface area contributed by atoms with Crippen molar-refractivity contribution in [2.75, 3.05) is 0 Å². The van der Waals surface area contributed by atoms with Crippen LogP contribution in [0.1, 0.15) is 5.56 Å². The van der Waals surface area contributed by atoms with E-state index in [0.29, 0.717) is 6.08 Å². The molecule has 0 fully saturated rings. The van der Waals surface area contributed by atoms with Gasteiger partial charge in [-0.05, 0) is 0 Å². The molecule has 0 N–H and O–H groups in total. The number of alkyl halides is 3. The first kappa shape index (κ1) is 15.0. The lowest BCUT2D eigenvalue weighted by Crippen LogP contribution is -2.17. The van der Waals surface area contributed by atoms with E-state index in [9.17, 15) is 35.5 Å². The van der Waals surface area contributed by atoms with E-state index < -0.39 is 46.7 Å². The van der Waals surface area contributed by atoms with Gasteiger partial charge in [0.05, 0.1) is 0 Å². The van der Waals surface area contributed by atoms with Gasteiger partial charge in [0, 0.05) is 6.08 Å². The summed E-state index contributed by atoms with van der Waals surface area (Å²) in [4.78, 5) is 10.6. The molecule has 0 saturated carbocycles. The molecule has 0 aliphatic carbocycles. The maximum absolute atomic E-state index is 13.1. The first-order valence-corrected chi connectivity index (χ1v) is 4.38. The molecule has 0 heterocycles. The Kier molecular flexibility index (Phi) is 3.87. The van der Waals surface area contributed by atoms with Crippen LogP contribution in [0.5, 0.6) is 5.75 Å². The van der Waals surface area contributed by atoms with Crippen LogP contribution in [-0.4, -0.2) is 5.97 Å². The van der Waals surface area contributed by atoms with Gasteiger partial charge in [-0.25, -0.2) is 13.6 Å². The van der Waals surface area contributed by atoms with Crippen LogP contribution in [0.4, 0.5) is 30.7 Å². The fourth-order valence-corrected chi connectivity index (χ4v) is 1.09. The van der Waals surface area contributed by atoms with E-state index in [4.69, 9.17) is 0 Å². The van der Waals surface area contributed by atoms with Gasteiger partial charge in [-0.1, -0.05) is 6.58 Å². The molecule has 9 heteroatoms. The Morgan fingerprint density at radius 1 is 1.00 bits per heavy atom. The quantitative estimate of drug-likeness (QED) is 0.274. The van der Waals surface area contributed by atoms with Crippen LogP contribution in [-0.2, 0) is 11.0 Å². The van der Waals surface area contributed by atoms with Crippen LogP contribution in [0.15, 0.2) is 12.7 Å². The Morgan fingerprint density at radius 3 is 1.74 bits per heavy atom. The highest BCUT2D eigenvalue weighted by Crippen LogP contribution is 2.39. The van der Waals surface area contributed by atoms with Gasteiger partial charge in [-0.2, -0.15) is 22.0 Å². The molecule has 1 aromatic rings. The lowest BCUT2D eigenvalue weighted by molar-refractivity contribution is -0.143. The van der Waals surface area contributed by atoms with Gasteiger partial charge >= 0.3 is 12.1 Å². The normalized spacial score (nSPS) is 11.3. The van der Waals surface area contributed by atoms with Gasteiger partial charge < -0.3 is 4.74 Å². The average Bonchev–Trinajstić information content (AvgIpc) is 2.30. The van der Waals surface area contributed by atoms with Crippen molar-refractivity contribution in [3.8, 4) is 5.75 Å². The van der Waals surface area contributed by atoms with Crippen molar-refractivity contribution in [2.45, 2.75) is 6.18 Å². The number of hydrogen-bond acceptors (Lipinski definition) is 2. The molecule has 0 atom stereocenters. The van der Waals surface area contributed by atoms with Gasteiger partial charge in [0.15, 0.2) is 11.6 Å². The molecule has 0 amide bonds. The van der Waals surface area contributed by atoms with Gasteiger partial charge in [0.25, 0.3) is 0 Å². The molecule has 0 aliphatic rings. The number of carbonyl (C=O) groups excluding carboxylic acids is 1. The third kappa shape index (κ3) is 2.69. The minimum Gasteiger partial charge on any atom is -0.417 e. The first-order chi connectivity index (χ1) is 8.61. The number of benzene rings is 1. The maximum Gasteiger partial charge on any atom is 0.422 e. The number of esters is 1. The third-order valence-corrected chi connectivity index (χ3v) is 1.88. The lowest BCUT2D eigenvalue weighted by Gasteiger charge is -2.13. The summed E-state index contributed by atoms with van der Waals surface area (Å²) in [6.45, 7) is 2.83. The molecule has 1 rings (SSSR count). The molecule has 0 unspecified atom stereocenters. The number of rotatable bonds is 2. The van der Waals surface area contributed by atoms with E-state index in [-0.39, 0.29) is 0 Å². The summed E-state index contributed by atoms with van der Waals surface area (Å²) in [5.41, 5.74) is -2.75. The van der Waals surface area contributed by atoms with Gasteiger partial charge in [0.1, 0.15) is 5.56 Å². The Balaban J connectivity index is 3.56. The third-order valence-electron chi connectivity index (χ3n) is 1.88. The van der Waals surface area contributed by atoms with Crippen LogP contribution in [0.2, 0.25) is 0 Å². The molecule has 104 valence electrons. The summed E-state index contributed by atoms with van der Waals surface area (Å²) in [5.74, 6) is -13.8. The van der Waals surface area contributed by atoms with Crippen molar-refractivity contribution < 1.29 is 40.3 Å². The summed E-state index contributed by atoms with van der Waals surface area (Å²) in [5, 5.41) is 0. The van der Waals surface area contributed by atoms with Crippen molar-refractivity contribution in [3.63, 3.8) is 0 Å². The monoisotopic (exact) mass is 288 g/mol. The van der Waals surface area contributed by atoms with E-state index in [1.807, 2.05) is 0 Å². The largest absolute Gasteiger partial charge is 0.422 e. The number of hydrogen-bond donors (Lipinski definition) is 0. The van der Waals surface area contributed by atoms with Crippen molar-refractivity contribution in [1.82, 2.24) is 0 Å². The molecule has 0 aromatic heterocycles. The Bertz CT molecular complexity index is 519. The minimum absolute atomic E-state index is 0.395. The predicted molar refractivity (Wildman–Crippen MR) is 47.1 cm³/mol. The summed E-state index contributed by atoms with van der Waals surface area (Å²) in [6.07, 6.45) is -5.26. The topological polar surface area (TPSA) is 26.3 Å². The molecular formula is C10H3F7O2. The fraction of sp³-hybridized carbons (Fsp3) is 0.100. The SMILES string of the molecule is C=CC(=O)Oc1c(F)c(F)c(C(F)(F)F)c(F)c1F. The van der Waals surface area contributed by atoms with Crippen LogP contribution in [0.25, 0.3) is 0 Å². The van der Waals surface area contributed by atoms with Gasteiger partial charge in [-0.15, -0.1) is 0 Å². The highest BCUT2D eigenvalue weighted by Gasteiger charge is 2.43. The van der Waals surface area contributed by atoms with E-state index >= 15 is 0 Å². The van der Waals surface area contributed by atoms with E-state index in [1.54, 1.807) is 0 Å². The number of carbonyl (C=O) groups is 1. The zero-order valence-corrected chi connectivity index (χ0v) is 8.75. The standard InChI is InChI=1S/C10H3F7O2/c1-2-3(18)19-9-7(13)5(11)4(10(15,16)17)6(12)8(9)14/h2H,1H2. The smallest absolute Gasteiger partial charge is 0.417 e. The predicted octanol–water partition coefficient (Wildman–Crippen LogP) is 3.35. The van der Waals surface area contributed by atoms with Crippen LogP contribution in [0.3, 0.4) is 0 Å². The fourth-order valence-electron chi connectivity index (χ4n) is 1.09. The molecule has 0 spiro atoms. The first-order valence-electron chi connectivity index (χ1n) is 4.38. The van der Waals surface area contributed by atoms with Crippen molar-refractivity contribution >= 4 is 5.97 Å². The zero-order chi connectivity index (χ0) is 15.0. The summed E-state index contributed by atoms with van der Waals surface area (Å²) in [7, 11) is 0. The highest BCUT2D eigenvalue weighted by molar-refractivity contribution is 5.83. The Hall–Kier alpha value is -2.06. The Labute approximate surface area is 101 Å².